The second-order valence-electron chi connectivity index (χ2n) is 4.60. The maximum Gasteiger partial charge on any atom is -0.0109 e. The molecular weight excluding hydrogens is 192 g/mol. The molecule has 16 heavy (non-hydrogen) atoms. The lowest BCUT2D eigenvalue weighted by Gasteiger charge is -2.16. The van der Waals surface area contributed by atoms with Crippen molar-refractivity contribution in [1.29, 1.82) is 0 Å². The molecule has 1 aromatic rings. The van der Waals surface area contributed by atoms with Gasteiger partial charge in [0, 0.05) is 0 Å². The van der Waals surface area contributed by atoms with Crippen molar-refractivity contribution in [3.8, 4) is 0 Å². The Hall–Kier alpha value is -1.56. The van der Waals surface area contributed by atoms with Crippen LogP contribution in [0.15, 0.2) is 53.6 Å². The second-order valence-corrected chi connectivity index (χ2v) is 4.60. The Kier molecular flexibility index (Phi) is 2.28. The van der Waals surface area contributed by atoms with Crippen molar-refractivity contribution in [2.24, 2.45) is 0 Å². The van der Waals surface area contributed by atoms with Gasteiger partial charge in [0.1, 0.15) is 0 Å². The summed E-state index contributed by atoms with van der Waals surface area (Å²) in [6, 6.07) is 8.66. The molecule has 80 valence electrons. The molecule has 0 atom stereocenters. The van der Waals surface area contributed by atoms with Crippen molar-refractivity contribution < 1.29 is 0 Å². The molecule has 2 aliphatic rings. The zero-order valence-corrected chi connectivity index (χ0v) is 9.66. The van der Waals surface area contributed by atoms with E-state index >= 15 is 0 Å². The number of rotatable bonds is 1. The van der Waals surface area contributed by atoms with Crippen molar-refractivity contribution >= 4 is 5.57 Å². The molecule has 0 nitrogen and oxygen atoms in total. The molecule has 0 amide bonds. The van der Waals surface area contributed by atoms with Gasteiger partial charge in [0.05, 0.1) is 0 Å². The Balaban J connectivity index is 2.05. The summed E-state index contributed by atoms with van der Waals surface area (Å²) in [5.74, 6) is 0. The van der Waals surface area contributed by atoms with Gasteiger partial charge in [0.15, 0.2) is 0 Å². The Morgan fingerprint density at radius 1 is 1.00 bits per heavy atom. The first-order valence-electron chi connectivity index (χ1n) is 6.04. The SMILES string of the molecule is Cc1ccccc1C1=CC=C2CCCC=C21. The zero-order chi connectivity index (χ0) is 11.0. The summed E-state index contributed by atoms with van der Waals surface area (Å²) >= 11 is 0. The van der Waals surface area contributed by atoms with Gasteiger partial charge >= 0.3 is 0 Å². The van der Waals surface area contributed by atoms with Crippen LogP contribution in [0.5, 0.6) is 0 Å². The van der Waals surface area contributed by atoms with Crippen LogP contribution in [0.3, 0.4) is 0 Å². The van der Waals surface area contributed by atoms with Crippen molar-refractivity contribution in [2.75, 3.05) is 0 Å². The van der Waals surface area contributed by atoms with E-state index in [9.17, 15) is 0 Å². The fourth-order valence-electron chi connectivity index (χ4n) is 2.64. The average molecular weight is 208 g/mol. The number of hydrogen-bond acceptors (Lipinski definition) is 0. The monoisotopic (exact) mass is 208 g/mol. The van der Waals surface area contributed by atoms with Crippen molar-refractivity contribution in [3.63, 3.8) is 0 Å². The van der Waals surface area contributed by atoms with E-state index in [0.717, 1.165) is 0 Å². The third-order valence-corrected chi connectivity index (χ3v) is 3.52. The number of benzene rings is 1. The smallest absolute Gasteiger partial charge is 0.0109 e. The summed E-state index contributed by atoms with van der Waals surface area (Å²) in [4.78, 5) is 0. The van der Waals surface area contributed by atoms with E-state index in [0.29, 0.717) is 0 Å². The molecule has 2 aliphatic carbocycles. The summed E-state index contributed by atoms with van der Waals surface area (Å²) in [6.45, 7) is 2.19. The Bertz CT molecular complexity index is 513. The van der Waals surface area contributed by atoms with E-state index in [1.165, 1.54) is 47.1 Å². The summed E-state index contributed by atoms with van der Waals surface area (Å²) in [7, 11) is 0. The van der Waals surface area contributed by atoms with Crippen LogP contribution in [0.25, 0.3) is 5.57 Å². The fraction of sp³-hybridized carbons (Fsp3) is 0.250. The van der Waals surface area contributed by atoms with Crippen LogP contribution < -0.4 is 0 Å². The standard InChI is InChI=1S/C16H16/c1-12-6-2-4-8-14(12)16-11-10-13-7-3-5-9-15(13)16/h2,4,6,8-11H,3,5,7H2,1H3. The Labute approximate surface area is 97.0 Å². The zero-order valence-electron chi connectivity index (χ0n) is 9.66. The maximum atomic E-state index is 2.40. The van der Waals surface area contributed by atoms with Gasteiger partial charge < -0.3 is 0 Å². The second kappa shape index (κ2) is 3.79. The first-order chi connectivity index (χ1) is 7.86. The van der Waals surface area contributed by atoms with E-state index < -0.39 is 0 Å². The molecule has 0 N–H and O–H groups in total. The van der Waals surface area contributed by atoms with Gasteiger partial charge in [-0.2, -0.15) is 0 Å². The number of aryl methyl sites for hydroxylation is 1. The molecule has 3 rings (SSSR count). The molecule has 0 saturated carbocycles. The minimum Gasteiger partial charge on any atom is -0.0763 e. The number of allylic oxidation sites excluding steroid dienone is 6. The van der Waals surface area contributed by atoms with Gasteiger partial charge in [-0.05, 0) is 54.0 Å². The average Bonchev–Trinajstić information content (AvgIpc) is 2.74. The van der Waals surface area contributed by atoms with E-state index in [2.05, 4.69) is 49.4 Å². The molecule has 0 radical (unpaired) electrons. The molecule has 0 aliphatic heterocycles. The van der Waals surface area contributed by atoms with Crippen LogP contribution in [-0.4, -0.2) is 0 Å². The van der Waals surface area contributed by atoms with Crippen LogP contribution in [0, 0.1) is 6.92 Å². The number of fused-ring (bicyclic) bond motifs is 1. The van der Waals surface area contributed by atoms with Gasteiger partial charge in [-0.15, -0.1) is 0 Å². The minimum atomic E-state index is 1.23. The highest BCUT2D eigenvalue weighted by atomic mass is 14.2. The first-order valence-corrected chi connectivity index (χ1v) is 6.04. The van der Waals surface area contributed by atoms with Crippen LogP contribution >= 0.6 is 0 Å². The summed E-state index contributed by atoms with van der Waals surface area (Å²) in [5.41, 5.74) is 7.20. The van der Waals surface area contributed by atoms with Gasteiger partial charge in [-0.3, -0.25) is 0 Å². The number of hydrogen-bond donors (Lipinski definition) is 0. The Morgan fingerprint density at radius 2 is 1.88 bits per heavy atom. The van der Waals surface area contributed by atoms with Crippen LogP contribution in [-0.2, 0) is 0 Å². The molecule has 0 bridgehead atoms. The third kappa shape index (κ3) is 1.46. The molecule has 0 fully saturated rings. The van der Waals surface area contributed by atoms with E-state index in [1.807, 2.05) is 0 Å². The van der Waals surface area contributed by atoms with Crippen LogP contribution in [0.4, 0.5) is 0 Å². The van der Waals surface area contributed by atoms with Crippen LogP contribution in [0.2, 0.25) is 0 Å². The highest BCUT2D eigenvalue weighted by Gasteiger charge is 2.19. The minimum absolute atomic E-state index is 1.23. The van der Waals surface area contributed by atoms with Gasteiger partial charge in [0.2, 0.25) is 0 Å². The van der Waals surface area contributed by atoms with Gasteiger partial charge in [-0.1, -0.05) is 42.5 Å². The maximum absolute atomic E-state index is 2.40. The molecule has 0 aromatic heterocycles. The summed E-state index contributed by atoms with van der Waals surface area (Å²) in [6.07, 6.45) is 10.8. The molecular formula is C16H16. The molecule has 0 heterocycles. The lowest BCUT2D eigenvalue weighted by atomic mass is 9.88. The Morgan fingerprint density at radius 3 is 2.75 bits per heavy atom. The quantitative estimate of drug-likeness (QED) is 0.640. The van der Waals surface area contributed by atoms with E-state index in [1.54, 1.807) is 0 Å². The molecule has 0 saturated heterocycles. The molecule has 1 aromatic carbocycles. The predicted octanol–water partition coefficient (Wildman–Crippen LogP) is 4.43. The summed E-state index contributed by atoms with van der Waals surface area (Å²) in [5, 5.41) is 0. The highest BCUT2D eigenvalue weighted by Crippen LogP contribution is 2.39. The largest absolute Gasteiger partial charge is 0.0763 e. The van der Waals surface area contributed by atoms with Gasteiger partial charge in [0.25, 0.3) is 0 Å². The summed E-state index contributed by atoms with van der Waals surface area (Å²) < 4.78 is 0. The predicted molar refractivity (Wildman–Crippen MR) is 69.2 cm³/mol. The van der Waals surface area contributed by atoms with Gasteiger partial charge in [-0.25, -0.2) is 0 Å². The van der Waals surface area contributed by atoms with Crippen LogP contribution in [0.1, 0.15) is 30.4 Å². The van der Waals surface area contributed by atoms with E-state index in [-0.39, 0.29) is 0 Å². The highest BCUT2D eigenvalue weighted by molar-refractivity contribution is 5.89. The fourth-order valence-corrected chi connectivity index (χ4v) is 2.64. The molecule has 0 unspecified atom stereocenters. The lowest BCUT2D eigenvalue weighted by molar-refractivity contribution is 0.813. The third-order valence-electron chi connectivity index (χ3n) is 3.52. The van der Waals surface area contributed by atoms with Crippen molar-refractivity contribution in [1.82, 2.24) is 0 Å². The van der Waals surface area contributed by atoms with Crippen molar-refractivity contribution in [2.45, 2.75) is 26.2 Å². The topological polar surface area (TPSA) is 0 Å². The molecule has 0 spiro atoms. The lowest BCUT2D eigenvalue weighted by Crippen LogP contribution is -1.97. The first kappa shape index (κ1) is 9.65. The van der Waals surface area contributed by atoms with Crippen molar-refractivity contribution in [3.05, 3.63) is 64.8 Å². The van der Waals surface area contributed by atoms with E-state index in [4.69, 9.17) is 0 Å². The molecule has 0 heteroatoms. The normalized spacial score (nSPS) is 18.7.